The Balaban J connectivity index is 1.58. The first kappa shape index (κ1) is 9.61. The number of hydrogen-bond acceptors (Lipinski definition) is 1. The molecule has 1 saturated heterocycles. The molecule has 1 aliphatic heterocycles. The summed E-state index contributed by atoms with van der Waals surface area (Å²) in [6.45, 7) is 1.66. The number of hydrogen-bond donors (Lipinski definition) is 0. The van der Waals surface area contributed by atoms with Crippen molar-refractivity contribution in [3.8, 4) is 0 Å². The Morgan fingerprint density at radius 3 is 2.13 bits per heavy atom. The van der Waals surface area contributed by atoms with Crippen LogP contribution in [0.3, 0.4) is 0 Å². The topological polar surface area (TPSA) is 20.3 Å². The first-order chi connectivity index (χ1) is 7.14. The van der Waals surface area contributed by atoms with Gasteiger partial charge >= 0.3 is 0 Å². The molecule has 1 heterocycles. The number of likely N-dealkylation sites (tertiary alicyclic amines) is 1. The summed E-state index contributed by atoms with van der Waals surface area (Å²) in [5, 5.41) is 0. The van der Waals surface area contributed by atoms with Gasteiger partial charge in [-0.05, 0) is 25.7 Å². The van der Waals surface area contributed by atoms with Gasteiger partial charge in [-0.1, -0.05) is 19.3 Å². The predicted molar refractivity (Wildman–Crippen MR) is 55.2 cm³/mol. The van der Waals surface area contributed by atoms with Gasteiger partial charge in [-0.15, -0.1) is 0 Å². The van der Waals surface area contributed by atoms with Crippen molar-refractivity contribution >= 4 is 5.91 Å². The van der Waals surface area contributed by atoms with Gasteiger partial charge < -0.3 is 4.90 Å². The van der Waals surface area contributed by atoms with Gasteiger partial charge in [-0.25, -0.2) is 4.39 Å². The Labute approximate surface area is 89.8 Å². The van der Waals surface area contributed by atoms with Crippen molar-refractivity contribution in [2.45, 2.75) is 50.6 Å². The van der Waals surface area contributed by atoms with E-state index in [0.29, 0.717) is 18.3 Å². The fourth-order valence-electron chi connectivity index (χ4n) is 3.13. The van der Waals surface area contributed by atoms with E-state index in [2.05, 4.69) is 0 Å². The van der Waals surface area contributed by atoms with E-state index in [-0.39, 0.29) is 5.91 Å². The van der Waals surface area contributed by atoms with E-state index >= 15 is 0 Å². The van der Waals surface area contributed by atoms with Crippen molar-refractivity contribution < 1.29 is 9.18 Å². The number of halogens is 1. The molecule has 15 heavy (non-hydrogen) atoms. The molecule has 0 N–H and O–H groups in total. The van der Waals surface area contributed by atoms with Crippen LogP contribution < -0.4 is 0 Å². The molecule has 0 unspecified atom stereocenters. The molecule has 84 valence electrons. The lowest BCUT2D eigenvalue weighted by molar-refractivity contribution is -0.152. The second-order valence-electron chi connectivity index (χ2n) is 5.69. The lowest BCUT2D eigenvalue weighted by Crippen LogP contribution is -2.61. The number of alkyl halides is 1. The third kappa shape index (κ3) is 1.47. The van der Waals surface area contributed by atoms with Crippen molar-refractivity contribution in [1.29, 1.82) is 0 Å². The lowest BCUT2D eigenvalue weighted by atomic mass is 9.68. The molecule has 0 radical (unpaired) electrons. The molecule has 0 bridgehead atoms. The van der Waals surface area contributed by atoms with Crippen LogP contribution in [0.25, 0.3) is 0 Å². The Hall–Kier alpha value is -0.600. The quantitative estimate of drug-likeness (QED) is 0.651. The van der Waals surface area contributed by atoms with Crippen molar-refractivity contribution in [2.24, 2.45) is 5.41 Å². The fourth-order valence-corrected chi connectivity index (χ4v) is 3.13. The number of amides is 1. The zero-order chi connectivity index (χ0) is 10.5. The largest absolute Gasteiger partial charge is 0.339 e. The summed E-state index contributed by atoms with van der Waals surface area (Å²) < 4.78 is 13.5. The molecule has 3 heteroatoms. The highest BCUT2D eigenvalue weighted by molar-refractivity contribution is 5.88. The average molecular weight is 211 g/mol. The lowest BCUT2D eigenvalue weighted by Gasteiger charge is -2.52. The van der Waals surface area contributed by atoms with Gasteiger partial charge in [0, 0.05) is 18.5 Å². The van der Waals surface area contributed by atoms with Crippen molar-refractivity contribution in [2.75, 3.05) is 13.1 Å². The zero-order valence-corrected chi connectivity index (χ0v) is 9.10. The van der Waals surface area contributed by atoms with Crippen LogP contribution >= 0.6 is 0 Å². The number of carbonyl (C=O) groups excluding carboxylic acids is 1. The van der Waals surface area contributed by atoms with Crippen molar-refractivity contribution in [3.05, 3.63) is 0 Å². The van der Waals surface area contributed by atoms with Crippen LogP contribution in [0.5, 0.6) is 0 Å². The van der Waals surface area contributed by atoms with Crippen LogP contribution in [0.4, 0.5) is 4.39 Å². The van der Waals surface area contributed by atoms with E-state index < -0.39 is 5.67 Å². The Morgan fingerprint density at radius 2 is 1.60 bits per heavy atom. The SMILES string of the molecule is O=C(N1CC2(CCCCC2)C1)C1(F)CC1. The molecule has 3 aliphatic rings. The molecule has 0 atom stereocenters. The predicted octanol–water partition coefficient (Wildman–Crippen LogP) is 2.28. The third-order valence-corrected chi connectivity index (χ3v) is 4.33. The van der Waals surface area contributed by atoms with Gasteiger partial charge in [-0.3, -0.25) is 4.79 Å². The maximum absolute atomic E-state index is 13.5. The van der Waals surface area contributed by atoms with Gasteiger partial charge in [0.15, 0.2) is 5.67 Å². The van der Waals surface area contributed by atoms with Gasteiger partial charge in [0.05, 0.1) is 0 Å². The molecular formula is C12H18FNO. The molecule has 2 saturated carbocycles. The highest BCUT2D eigenvalue weighted by Gasteiger charge is 2.57. The third-order valence-electron chi connectivity index (χ3n) is 4.33. The van der Waals surface area contributed by atoms with Gasteiger partial charge in [0.2, 0.25) is 0 Å². The van der Waals surface area contributed by atoms with Crippen LogP contribution in [-0.2, 0) is 4.79 Å². The molecule has 3 fully saturated rings. The minimum Gasteiger partial charge on any atom is -0.339 e. The molecule has 0 aromatic heterocycles. The summed E-state index contributed by atoms with van der Waals surface area (Å²) in [4.78, 5) is 13.4. The summed E-state index contributed by atoms with van der Waals surface area (Å²) in [6, 6.07) is 0. The first-order valence-corrected chi connectivity index (χ1v) is 6.12. The molecule has 1 spiro atoms. The smallest absolute Gasteiger partial charge is 0.260 e. The number of carbonyl (C=O) groups is 1. The van der Waals surface area contributed by atoms with Crippen LogP contribution in [0.2, 0.25) is 0 Å². The van der Waals surface area contributed by atoms with Crippen LogP contribution in [-0.4, -0.2) is 29.6 Å². The molecule has 0 aromatic rings. The van der Waals surface area contributed by atoms with Gasteiger partial charge in [0.25, 0.3) is 5.91 Å². The highest BCUT2D eigenvalue weighted by Crippen LogP contribution is 2.48. The fraction of sp³-hybridized carbons (Fsp3) is 0.917. The number of rotatable bonds is 1. The molecule has 2 nitrogen and oxygen atoms in total. The second kappa shape index (κ2) is 2.96. The van der Waals surface area contributed by atoms with Crippen LogP contribution in [0, 0.1) is 5.41 Å². The van der Waals surface area contributed by atoms with Crippen LogP contribution in [0.15, 0.2) is 0 Å². The van der Waals surface area contributed by atoms with E-state index in [1.54, 1.807) is 4.90 Å². The Kier molecular flexibility index (Phi) is 1.89. The molecule has 0 aromatic carbocycles. The summed E-state index contributed by atoms with van der Waals surface area (Å²) in [5.41, 5.74) is -1.06. The molecular weight excluding hydrogens is 193 g/mol. The standard InChI is InChI=1S/C12H18FNO/c13-12(6-7-12)10(15)14-8-11(9-14)4-2-1-3-5-11/h1-9H2. The van der Waals surface area contributed by atoms with E-state index in [9.17, 15) is 9.18 Å². The van der Waals surface area contributed by atoms with Crippen molar-refractivity contribution in [1.82, 2.24) is 4.90 Å². The maximum atomic E-state index is 13.5. The molecule has 1 amide bonds. The summed E-state index contributed by atoms with van der Waals surface area (Å²) in [6.07, 6.45) is 7.32. The van der Waals surface area contributed by atoms with Crippen molar-refractivity contribution in [3.63, 3.8) is 0 Å². The molecule has 3 rings (SSSR count). The zero-order valence-electron chi connectivity index (χ0n) is 9.10. The average Bonchev–Trinajstić information content (AvgIpc) is 2.94. The minimum absolute atomic E-state index is 0.223. The van der Waals surface area contributed by atoms with Gasteiger partial charge in [0.1, 0.15) is 0 Å². The molecule has 2 aliphatic carbocycles. The maximum Gasteiger partial charge on any atom is 0.260 e. The Bertz CT molecular complexity index is 284. The normalized spacial score (nSPS) is 31.1. The monoisotopic (exact) mass is 211 g/mol. The van der Waals surface area contributed by atoms with E-state index in [0.717, 1.165) is 13.1 Å². The van der Waals surface area contributed by atoms with E-state index in [4.69, 9.17) is 0 Å². The Morgan fingerprint density at radius 1 is 1.00 bits per heavy atom. The van der Waals surface area contributed by atoms with E-state index in [1.807, 2.05) is 0 Å². The first-order valence-electron chi connectivity index (χ1n) is 6.12. The van der Waals surface area contributed by atoms with Gasteiger partial charge in [-0.2, -0.15) is 0 Å². The van der Waals surface area contributed by atoms with E-state index in [1.165, 1.54) is 32.1 Å². The summed E-state index contributed by atoms with van der Waals surface area (Å²) in [7, 11) is 0. The highest BCUT2D eigenvalue weighted by atomic mass is 19.1. The summed E-state index contributed by atoms with van der Waals surface area (Å²) >= 11 is 0. The number of nitrogens with zero attached hydrogens (tertiary/aromatic N) is 1. The minimum atomic E-state index is -1.45. The van der Waals surface area contributed by atoms with Crippen LogP contribution in [0.1, 0.15) is 44.9 Å². The summed E-state index contributed by atoms with van der Waals surface area (Å²) in [5.74, 6) is -0.223. The second-order valence-corrected chi connectivity index (χ2v) is 5.69.